The molecular formula is C7H10BN3O2S. The van der Waals surface area contributed by atoms with E-state index in [1.807, 2.05) is 0 Å². The molecule has 1 aliphatic heterocycles. The Morgan fingerprint density at radius 3 is 2.93 bits per heavy atom. The average molecular weight is 211 g/mol. The lowest BCUT2D eigenvalue weighted by Gasteiger charge is -2.25. The van der Waals surface area contributed by atoms with E-state index in [4.69, 9.17) is 0 Å². The molecular weight excluding hydrogens is 201 g/mol. The van der Waals surface area contributed by atoms with Gasteiger partial charge in [0.25, 0.3) is 0 Å². The van der Waals surface area contributed by atoms with Gasteiger partial charge in [-0.2, -0.15) is 4.37 Å². The molecule has 0 spiro atoms. The van der Waals surface area contributed by atoms with E-state index in [0.29, 0.717) is 0 Å². The van der Waals surface area contributed by atoms with E-state index in [0.717, 1.165) is 30.7 Å². The van der Waals surface area contributed by atoms with Gasteiger partial charge < -0.3 is 4.90 Å². The van der Waals surface area contributed by atoms with Crippen molar-refractivity contribution in [2.45, 2.75) is 12.6 Å². The van der Waals surface area contributed by atoms with Crippen LogP contribution in [0.15, 0.2) is 6.20 Å². The van der Waals surface area contributed by atoms with Gasteiger partial charge in [0.05, 0.1) is 4.92 Å². The molecule has 1 aromatic heterocycles. The minimum absolute atomic E-state index is 0.150. The minimum Gasteiger partial charge on any atom is -0.358 e. The van der Waals surface area contributed by atoms with Crippen molar-refractivity contribution >= 4 is 29.5 Å². The van der Waals surface area contributed by atoms with Crippen LogP contribution in [-0.4, -0.2) is 29.7 Å². The highest BCUT2D eigenvalue weighted by molar-refractivity contribution is 7.10. The average Bonchev–Trinajstić information content (AvgIpc) is 2.67. The SMILES string of the molecule is O=[N+]([O-])c1cnsc1N1CCBCC1. The molecule has 0 aromatic carbocycles. The van der Waals surface area contributed by atoms with Crippen molar-refractivity contribution in [3.8, 4) is 0 Å². The second-order valence-corrected chi connectivity index (χ2v) is 4.10. The molecule has 0 N–H and O–H groups in total. The van der Waals surface area contributed by atoms with Crippen LogP contribution in [0.5, 0.6) is 0 Å². The van der Waals surface area contributed by atoms with Crippen molar-refractivity contribution in [2.75, 3.05) is 18.0 Å². The van der Waals surface area contributed by atoms with Crippen molar-refractivity contribution < 1.29 is 4.92 Å². The van der Waals surface area contributed by atoms with Gasteiger partial charge in [-0.1, -0.05) is 12.6 Å². The van der Waals surface area contributed by atoms with Gasteiger partial charge in [-0.25, -0.2) is 0 Å². The third-order valence-electron chi connectivity index (χ3n) is 2.37. The summed E-state index contributed by atoms with van der Waals surface area (Å²) in [6, 6.07) is 0. The summed E-state index contributed by atoms with van der Waals surface area (Å²) in [7, 11) is 1.23. The van der Waals surface area contributed by atoms with Crippen LogP contribution in [0.2, 0.25) is 12.6 Å². The predicted octanol–water partition coefficient (Wildman–Crippen LogP) is 1.14. The number of anilines is 1. The molecule has 74 valence electrons. The van der Waals surface area contributed by atoms with E-state index >= 15 is 0 Å². The molecule has 2 heterocycles. The number of hydrogen-bond acceptors (Lipinski definition) is 5. The van der Waals surface area contributed by atoms with Gasteiger partial charge in [0.1, 0.15) is 13.5 Å². The van der Waals surface area contributed by atoms with Crippen molar-refractivity contribution in [1.29, 1.82) is 0 Å². The Morgan fingerprint density at radius 2 is 2.29 bits per heavy atom. The molecule has 0 aliphatic carbocycles. The lowest BCUT2D eigenvalue weighted by molar-refractivity contribution is -0.383. The molecule has 1 aromatic rings. The first kappa shape index (κ1) is 9.45. The largest absolute Gasteiger partial charge is 0.358 e. The topological polar surface area (TPSA) is 59.3 Å². The number of nitro groups is 1. The second-order valence-electron chi connectivity index (χ2n) is 3.32. The van der Waals surface area contributed by atoms with Gasteiger partial charge in [0, 0.05) is 13.1 Å². The lowest BCUT2D eigenvalue weighted by Crippen LogP contribution is -2.31. The maximum absolute atomic E-state index is 10.7. The van der Waals surface area contributed by atoms with Gasteiger partial charge in [0.15, 0.2) is 5.00 Å². The van der Waals surface area contributed by atoms with Crippen LogP contribution < -0.4 is 4.90 Å². The van der Waals surface area contributed by atoms with Crippen molar-refractivity contribution in [3.05, 3.63) is 16.3 Å². The molecule has 0 bridgehead atoms. The fourth-order valence-corrected chi connectivity index (χ4v) is 2.44. The van der Waals surface area contributed by atoms with E-state index in [-0.39, 0.29) is 10.6 Å². The first-order valence-corrected chi connectivity index (χ1v) is 5.40. The van der Waals surface area contributed by atoms with Crippen molar-refractivity contribution in [3.63, 3.8) is 0 Å². The molecule has 7 heteroatoms. The summed E-state index contributed by atoms with van der Waals surface area (Å²) in [4.78, 5) is 12.4. The summed E-state index contributed by atoms with van der Waals surface area (Å²) in [6.45, 7) is 1.84. The maximum Gasteiger partial charge on any atom is 0.323 e. The van der Waals surface area contributed by atoms with Crippen LogP contribution in [-0.2, 0) is 0 Å². The number of hydrogen-bond donors (Lipinski definition) is 0. The van der Waals surface area contributed by atoms with Crippen LogP contribution in [0, 0.1) is 10.1 Å². The number of rotatable bonds is 2. The Labute approximate surface area is 86.3 Å². The van der Waals surface area contributed by atoms with E-state index in [1.54, 1.807) is 0 Å². The molecule has 1 fully saturated rings. The van der Waals surface area contributed by atoms with Crippen LogP contribution >= 0.6 is 11.5 Å². The molecule has 14 heavy (non-hydrogen) atoms. The van der Waals surface area contributed by atoms with Gasteiger partial charge in [-0.15, -0.1) is 0 Å². The Balaban J connectivity index is 2.21. The summed E-state index contributed by atoms with van der Waals surface area (Å²) in [5, 5.41) is 11.4. The Bertz CT molecular complexity index is 337. The highest BCUT2D eigenvalue weighted by atomic mass is 32.1. The molecule has 1 saturated heterocycles. The highest BCUT2D eigenvalue weighted by Gasteiger charge is 2.23. The molecule has 0 radical (unpaired) electrons. The first-order valence-electron chi connectivity index (χ1n) is 4.63. The van der Waals surface area contributed by atoms with Crippen LogP contribution in [0.3, 0.4) is 0 Å². The van der Waals surface area contributed by atoms with E-state index in [9.17, 15) is 10.1 Å². The summed E-state index contributed by atoms with van der Waals surface area (Å²) in [5.74, 6) is 0. The number of nitrogens with zero attached hydrogens (tertiary/aromatic N) is 3. The van der Waals surface area contributed by atoms with Crippen LogP contribution in [0.25, 0.3) is 0 Å². The lowest BCUT2D eigenvalue weighted by atomic mass is 9.68. The van der Waals surface area contributed by atoms with E-state index in [2.05, 4.69) is 9.27 Å². The summed E-state index contributed by atoms with van der Waals surface area (Å²) in [6.07, 6.45) is 3.58. The number of aromatic nitrogens is 1. The Morgan fingerprint density at radius 1 is 1.57 bits per heavy atom. The standard InChI is InChI=1S/C7H10BN3O2S/c12-11(13)6-5-9-14-7(6)10-3-1-8-2-4-10/h5,8H,1-4H2. The third-order valence-corrected chi connectivity index (χ3v) is 3.22. The first-order chi connectivity index (χ1) is 6.79. The van der Waals surface area contributed by atoms with E-state index in [1.165, 1.54) is 25.0 Å². The Hall–Kier alpha value is -1.11. The smallest absolute Gasteiger partial charge is 0.323 e. The van der Waals surface area contributed by atoms with E-state index < -0.39 is 0 Å². The van der Waals surface area contributed by atoms with Gasteiger partial charge in [0.2, 0.25) is 0 Å². The van der Waals surface area contributed by atoms with Crippen molar-refractivity contribution in [2.24, 2.45) is 0 Å². The van der Waals surface area contributed by atoms with Gasteiger partial charge >= 0.3 is 5.69 Å². The predicted molar refractivity (Wildman–Crippen MR) is 57.7 cm³/mol. The Kier molecular flexibility index (Phi) is 2.67. The second kappa shape index (κ2) is 3.95. The third kappa shape index (κ3) is 1.72. The quantitative estimate of drug-likeness (QED) is 0.418. The normalized spacial score (nSPS) is 16.4. The monoisotopic (exact) mass is 211 g/mol. The molecule has 0 unspecified atom stereocenters. The highest BCUT2D eigenvalue weighted by Crippen LogP contribution is 2.32. The molecule has 0 saturated carbocycles. The molecule has 5 nitrogen and oxygen atoms in total. The van der Waals surface area contributed by atoms with Crippen LogP contribution in [0.4, 0.5) is 10.7 Å². The summed E-state index contributed by atoms with van der Waals surface area (Å²) < 4.78 is 3.88. The fourth-order valence-electron chi connectivity index (χ4n) is 1.67. The molecule has 0 atom stereocenters. The van der Waals surface area contributed by atoms with Crippen molar-refractivity contribution in [1.82, 2.24) is 4.37 Å². The van der Waals surface area contributed by atoms with Gasteiger partial charge in [-0.3, -0.25) is 10.1 Å². The minimum atomic E-state index is -0.354. The molecule has 1 aliphatic rings. The summed E-state index contributed by atoms with van der Waals surface area (Å²) in [5.41, 5.74) is 0.150. The molecule has 0 amide bonds. The zero-order valence-electron chi connectivity index (χ0n) is 7.68. The molecule has 2 rings (SSSR count). The van der Waals surface area contributed by atoms with Gasteiger partial charge in [-0.05, 0) is 11.5 Å². The maximum atomic E-state index is 10.7. The zero-order valence-corrected chi connectivity index (χ0v) is 8.50. The fraction of sp³-hybridized carbons (Fsp3) is 0.571. The zero-order chi connectivity index (χ0) is 9.97. The summed E-state index contributed by atoms with van der Waals surface area (Å²) >= 11 is 1.22. The van der Waals surface area contributed by atoms with Crippen LogP contribution in [0.1, 0.15) is 0 Å².